The maximum absolute atomic E-state index is 12.9. The molecule has 164 valence electrons. The first-order chi connectivity index (χ1) is 14.4. The fourth-order valence-electron chi connectivity index (χ4n) is 3.04. The summed E-state index contributed by atoms with van der Waals surface area (Å²) in [5, 5.41) is 13.3. The molecule has 1 aromatic heterocycles. The van der Waals surface area contributed by atoms with E-state index in [0.717, 1.165) is 18.4 Å². The molecule has 0 aliphatic rings. The molecule has 0 unspecified atom stereocenters. The molecule has 0 atom stereocenters. The third-order valence-corrected chi connectivity index (χ3v) is 5.73. The van der Waals surface area contributed by atoms with E-state index in [1.54, 1.807) is 18.2 Å². The van der Waals surface area contributed by atoms with Crippen molar-refractivity contribution < 1.29 is 31.5 Å². The van der Waals surface area contributed by atoms with Gasteiger partial charge in [0.15, 0.2) is 9.84 Å². The number of carboxylic acid groups (broad SMARTS) is 1. The molecule has 0 bridgehead atoms. The molecule has 1 N–H and O–H groups in total. The van der Waals surface area contributed by atoms with E-state index in [1.165, 1.54) is 28.9 Å². The molecule has 31 heavy (non-hydrogen) atoms. The topological polar surface area (TPSA) is 89.3 Å². The number of hydrogen-bond acceptors (Lipinski definition) is 4. The zero-order valence-electron chi connectivity index (χ0n) is 16.4. The Balaban J connectivity index is 2.02. The number of nitrogens with zero attached hydrogens (tertiary/aromatic N) is 2. The molecular weight excluding hydrogens is 433 g/mol. The van der Waals surface area contributed by atoms with Gasteiger partial charge in [-0.1, -0.05) is 12.1 Å². The quantitative estimate of drug-likeness (QED) is 0.575. The Kier molecular flexibility index (Phi) is 6.21. The van der Waals surface area contributed by atoms with Gasteiger partial charge < -0.3 is 5.11 Å². The first-order valence-electron chi connectivity index (χ1n) is 9.24. The molecular formula is C21H19F3N2O4S. The second kappa shape index (κ2) is 8.54. The van der Waals surface area contributed by atoms with Crippen LogP contribution in [0.4, 0.5) is 13.2 Å². The van der Waals surface area contributed by atoms with Gasteiger partial charge in [-0.2, -0.15) is 18.3 Å². The van der Waals surface area contributed by atoms with Crippen LogP contribution in [0.1, 0.15) is 24.1 Å². The Labute approximate surface area is 176 Å². The van der Waals surface area contributed by atoms with Crippen molar-refractivity contribution in [2.75, 3.05) is 6.26 Å². The van der Waals surface area contributed by atoms with Crippen molar-refractivity contribution >= 4 is 15.8 Å². The number of sulfone groups is 1. The van der Waals surface area contributed by atoms with Crippen LogP contribution in [0.3, 0.4) is 0 Å². The van der Waals surface area contributed by atoms with Crippen LogP contribution in [0, 0.1) is 0 Å². The van der Waals surface area contributed by atoms with Gasteiger partial charge in [-0.15, -0.1) is 0 Å². The summed E-state index contributed by atoms with van der Waals surface area (Å²) < 4.78 is 63.5. The van der Waals surface area contributed by atoms with Gasteiger partial charge in [0.25, 0.3) is 0 Å². The van der Waals surface area contributed by atoms with Gasteiger partial charge in [0, 0.05) is 18.2 Å². The van der Waals surface area contributed by atoms with Crippen LogP contribution in [0.25, 0.3) is 16.9 Å². The summed E-state index contributed by atoms with van der Waals surface area (Å²) in [6.45, 7) is 0. The maximum atomic E-state index is 12.9. The van der Waals surface area contributed by atoms with Crippen LogP contribution in [0.15, 0.2) is 59.5 Å². The summed E-state index contributed by atoms with van der Waals surface area (Å²) in [4.78, 5) is 10.9. The van der Waals surface area contributed by atoms with Crippen molar-refractivity contribution in [3.8, 4) is 16.9 Å². The zero-order valence-corrected chi connectivity index (χ0v) is 17.2. The summed E-state index contributed by atoms with van der Waals surface area (Å²) >= 11 is 0. The fraction of sp³-hybridized carbons (Fsp3) is 0.238. The predicted octanol–water partition coefficient (Wildman–Crippen LogP) is 4.37. The average molecular weight is 452 g/mol. The molecule has 0 amide bonds. The summed E-state index contributed by atoms with van der Waals surface area (Å²) in [6, 6.07) is 12.3. The fourth-order valence-corrected chi connectivity index (χ4v) is 3.67. The molecule has 0 aliphatic carbocycles. The first kappa shape index (κ1) is 22.5. The summed E-state index contributed by atoms with van der Waals surface area (Å²) in [7, 11) is -3.38. The highest BCUT2D eigenvalue weighted by atomic mass is 32.2. The van der Waals surface area contributed by atoms with E-state index in [1.807, 2.05) is 0 Å². The van der Waals surface area contributed by atoms with Gasteiger partial charge in [0.05, 0.1) is 27.5 Å². The smallest absolute Gasteiger partial charge is 0.416 e. The number of aliphatic carboxylic acids is 1. The Morgan fingerprint density at radius 3 is 2.19 bits per heavy atom. The number of hydrogen-bond donors (Lipinski definition) is 1. The SMILES string of the molecule is CS(=O)(=O)c1ccc(-c2cc(CCCC(=O)O)nn2-c2ccc(C(F)(F)F)cc2)cc1. The van der Waals surface area contributed by atoms with Crippen molar-refractivity contribution in [1.29, 1.82) is 0 Å². The number of benzene rings is 2. The molecule has 6 nitrogen and oxygen atoms in total. The second-order valence-electron chi connectivity index (χ2n) is 7.02. The van der Waals surface area contributed by atoms with Crippen LogP contribution >= 0.6 is 0 Å². The lowest BCUT2D eigenvalue weighted by atomic mass is 10.1. The van der Waals surface area contributed by atoms with Gasteiger partial charge in [-0.05, 0) is 55.3 Å². The highest BCUT2D eigenvalue weighted by Crippen LogP contribution is 2.31. The van der Waals surface area contributed by atoms with Crippen LogP contribution in [-0.2, 0) is 27.2 Å². The lowest BCUT2D eigenvalue weighted by molar-refractivity contribution is -0.138. The van der Waals surface area contributed by atoms with E-state index in [4.69, 9.17) is 5.11 Å². The predicted molar refractivity (Wildman–Crippen MR) is 108 cm³/mol. The van der Waals surface area contributed by atoms with E-state index in [9.17, 15) is 26.4 Å². The number of halogens is 3. The lowest BCUT2D eigenvalue weighted by Gasteiger charge is -2.10. The van der Waals surface area contributed by atoms with Crippen LogP contribution < -0.4 is 0 Å². The van der Waals surface area contributed by atoms with Gasteiger partial charge in [0.2, 0.25) is 0 Å². The highest BCUT2D eigenvalue weighted by molar-refractivity contribution is 7.90. The number of aryl methyl sites for hydroxylation is 1. The minimum Gasteiger partial charge on any atom is -0.481 e. The molecule has 0 saturated carbocycles. The molecule has 3 rings (SSSR count). The van der Waals surface area contributed by atoms with Crippen LogP contribution in [0.5, 0.6) is 0 Å². The molecule has 3 aromatic rings. The lowest BCUT2D eigenvalue weighted by Crippen LogP contribution is -2.06. The molecule has 0 spiro atoms. The second-order valence-corrected chi connectivity index (χ2v) is 9.04. The number of aromatic nitrogens is 2. The van der Waals surface area contributed by atoms with E-state index in [0.29, 0.717) is 35.5 Å². The van der Waals surface area contributed by atoms with Crippen molar-refractivity contribution in [1.82, 2.24) is 9.78 Å². The van der Waals surface area contributed by atoms with Crippen molar-refractivity contribution in [2.24, 2.45) is 0 Å². The Morgan fingerprint density at radius 2 is 1.68 bits per heavy atom. The largest absolute Gasteiger partial charge is 0.481 e. The number of carboxylic acids is 1. The standard InChI is InChI=1S/C21H19F3N2O4S/c1-31(29,30)18-11-5-14(6-12-18)19-13-16(3-2-4-20(27)28)25-26(19)17-9-7-15(8-10-17)21(22,23)24/h5-13H,2-4H2,1H3,(H,27,28). The van der Waals surface area contributed by atoms with E-state index in [-0.39, 0.29) is 11.3 Å². The Hall–Kier alpha value is -3.14. The zero-order chi connectivity index (χ0) is 22.8. The molecule has 0 radical (unpaired) electrons. The molecule has 10 heteroatoms. The van der Waals surface area contributed by atoms with E-state index < -0.39 is 27.5 Å². The first-order valence-corrected chi connectivity index (χ1v) is 11.1. The van der Waals surface area contributed by atoms with Gasteiger partial charge in [0.1, 0.15) is 0 Å². The molecule has 1 heterocycles. The van der Waals surface area contributed by atoms with Crippen molar-refractivity contribution in [3.05, 3.63) is 65.9 Å². The number of alkyl halides is 3. The third-order valence-electron chi connectivity index (χ3n) is 4.60. The average Bonchev–Trinajstić information content (AvgIpc) is 3.11. The Bertz CT molecular complexity index is 1180. The third kappa shape index (κ3) is 5.52. The van der Waals surface area contributed by atoms with E-state index in [2.05, 4.69) is 5.10 Å². The summed E-state index contributed by atoms with van der Waals surface area (Å²) in [5.41, 5.74) is 1.33. The van der Waals surface area contributed by atoms with Gasteiger partial charge in [-0.25, -0.2) is 13.1 Å². The number of rotatable bonds is 7. The number of carbonyl (C=O) groups is 1. The molecule has 0 fully saturated rings. The minimum atomic E-state index is -4.46. The molecule has 0 saturated heterocycles. The van der Waals surface area contributed by atoms with Gasteiger partial charge in [-0.3, -0.25) is 4.79 Å². The van der Waals surface area contributed by atoms with Gasteiger partial charge >= 0.3 is 12.1 Å². The van der Waals surface area contributed by atoms with Crippen LogP contribution in [0.2, 0.25) is 0 Å². The maximum Gasteiger partial charge on any atom is 0.416 e. The van der Waals surface area contributed by atoms with Crippen LogP contribution in [-0.4, -0.2) is 35.5 Å². The van der Waals surface area contributed by atoms with Crippen molar-refractivity contribution in [2.45, 2.75) is 30.3 Å². The molecule has 0 aliphatic heterocycles. The normalized spacial score (nSPS) is 12.1. The highest BCUT2D eigenvalue weighted by Gasteiger charge is 2.30. The van der Waals surface area contributed by atoms with E-state index >= 15 is 0 Å². The summed E-state index contributed by atoms with van der Waals surface area (Å²) in [6.07, 6.45) is -2.68. The Morgan fingerprint density at radius 1 is 1.06 bits per heavy atom. The monoisotopic (exact) mass is 452 g/mol. The minimum absolute atomic E-state index is 0.0362. The van der Waals surface area contributed by atoms with Crippen molar-refractivity contribution in [3.63, 3.8) is 0 Å². The molecule has 2 aromatic carbocycles. The summed E-state index contributed by atoms with van der Waals surface area (Å²) in [5.74, 6) is -0.932.